The summed E-state index contributed by atoms with van der Waals surface area (Å²) in [4.78, 5) is 34.5. The fraction of sp³-hybridized carbons (Fsp3) is 0.788. The van der Waals surface area contributed by atoms with Crippen molar-refractivity contribution in [2.75, 3.05) is 6.54 Å². The van der Waals surface area contributed by atoms with Crippen LogP contribution in [0.15, 0.2) is 24.3 Å². The fourth-order valence-electron chi connectivity index (χ4n) is 4.46. The van der Waals surface area contributed by atoms with E-state index in [0.717, 1.165) is 70.6 Å². The Morgan fingerprint density at radius 2 is 1.26 bits per heavy atom. The molecule has 6 heteroatoms. The second kappa shape index (κ2) is 28.9. The molecule has 0 heterocycles. The van der Waals surface area contributed by atoms with E-state index in [-0.39, 0.29) is 24.5 Å². The number of carbonyl (C=O) groups excluding carboxylic acids is 2. The van der Waals surface area contributed by atoms with Gasteiger partial charge in [-0.2, -0.15) is 0 Å². The Morgan fingerprint density at radius 3 is 1.90 bits per heavy atom. The lowest BCUT2D eigenvalue weighted by molar-refractivity contribution is -0.147. The van der Waals surface area contributed by atoms with Crippen LogP contribution in [-0.2, 0) is 19.1 Å². The van der Waals surface area contributed by atoms with Crippen LogP contribution in [0.4, 0.5) is 0 Å². The number of allylic oxidation sites excluding steroid dienone is 3. The second-order valence-electron chi connectivity index (χ2n) is 10.7. The van der Waals surface area contributed by atoms with Crippen LogP contribution in [0.25, 0.3) is 0 Å². The summed E-state index contributed by atoms with van der Waals surface area (Å²) >= 11 is 0. The highest BCUT2D eigenvalue weighted by Crippen LogP contribution is 2.15. The third kappa shape index (κ3) is 28.7. The van der Waals surface area contributed by atoms with Crippen molar-refractivity contribution in [3.63, 3.8) is 0 Å². The van der Waals surface area contributed by atoms with E-state index in [4.69, 9.17) is 9.84 Å². The van der Waals surface area contributed by atoms with Crippen molar-refractivity contribution < 1.29 is 24.2 Å². The van der Waals surface area contributed by atoms with E-state index < -0.39 is 5.97 Å². The third-order valence-corrected chi connectivity index (χ3v) is 6.86. The summed E-state index contributed by atoms with van der Waals surface area (Å²) < 4.78 is 5.84. The molecule has 0 aromatic heterocycles. The molecule has 0 aromatic rings. The van der Waals surface area contributed by atoms with Gasteiger partial charge in [-0.1, -0.05) is 116 Å². The summed E-state index contributed by atoms with van der Waals surface area (Å²) in [5.74, 6) is -1.29. The summed E-state index contributed by atoms with van der Waals surface area (Å²) in [5.41, 5.74) is 0. The summed E-state index contributed by atoms with van der Waals surface area (Å²) in [5, 5.41) is 11.0. The van der Waals surface area contributed by atoms with Crippen LogP contribution < -0.4 is 5.32 Å². The van der Waals surface area contributed by atoms with Gasteiger partial charge in [0.2, 0.25) is 5.91 Å². The molecule has 1 amide bonds. The maximum atomic E-state index is 12.5. The van der Waals surface area contributed by atoms with Gasteiger partial charge in [0.05, 0.1) is 0 Å². The van der Waals surface area contributed by atoms with Crippen LogP contribution in [0.2, 0.25) is 0 Å². The molecule has 0 fully saturated rings. The van der Waals surface area contributed by atoms with Gasteiger partial charge in [0, 0.05) is 12.8 Å². The molecular weight excluding hydrogens is 490 g/mol. The van der Waals surface area contributed by atoms with E-state index in [2.05, 4.69) is 43.5 Å². The number of hydrogen-bond donors (Lipinski definition) is 2. The van der Waals surface area contributed by atoms with E-state index in [1.54, 1.807) is 0 Å². The monoisotopic (exact) mass is 549 g/mol. The summed E-state index contributed by atoms with van der Waals surface area (Å²) in [6.45, 7) is 4.14. The van der Waals surface area contributed by atoms with Gasteiger partial charge in [0.25, 0.3) is 0 Å². The maximum absolute atomic E-state index is 12.5. The van der Waals surface area contributed by atoms with E-state index in [0.29, 0.717) is 12.8 Å². The Morgan fingerprint density at radius 1 is 0.692 bits per heavy atom. The molecule has 39 heavy (non-hydrogen) atoms. The van der Waals surface area contributed by atoms with Crippen molar-refractivity contribution in [2.24, 2.45) is 0 Å². The Kier molecular flexibility index (Phi) is 27.3. The molecule has 2 N–H and O–H groups in total. The lowest BCUT2D eigenvalue weighted by atomic mass is 10.1. The smallest absolute Gasteiger partial charge is 0.322 e. The molecule has 0 radical (unpaired) electrons. The van der Waals surface area contributed by atoms with Crippen molar-refractivity contribution >= 4 is 17.8 Å². The molecule has 1 unspecified atom stereocenters. The number of hydrogen-bond acceptors (Lipinski definition) is 4. The zero-order valence-electron chi connectivity index (χ0n) is 25.2. The standard InChI is InChI=1S/C33H59NO5/c1-3-5-7-9-11-12-14-17-21-25-30(39-33(38)28-24-20-13-10-8-6-4-2)26-22-18-15-16-19-23-27-31(35)34-29-32(36)37/h12,14,21,25,30H,3-11,13,15-20,22-24,26-29H2,1-2H3,(H,34,35)(H,36,37)/b14-12-,25-21-. The van der Waals surface area contributed by atoms with Crippen molar-refractivity contribution in [1.29, 1.82) is 0 Å². The minimum atomic E-state index is -1.02. The molecule has 6 nitrogen and oxygen atoms in total. The molecular formula is C33H59NO5. The van der Waals surface area contributed by atoms with Gasteiger partial charge in [0.15, 0.2) is 0 Å². The number of amides is 1. The number of carboxylic acids is 1. The van der Waals surface area contributed by atoms with Gasteiger partial charge in [-0.25, -0.2) is 0 Å². The van der Waals surface area contributed by atoms with Crippen molar-refractivity contribution in [3.05, 3.63) is 24.3 Å². The van der Waals surface area contributed by atoms with Gasteiger partial charge in [-0.3, -0.25) is 14.4 Å². The van der Waals surface area contributed by atoms with Crippen LogP contribution in [0.5, 0.6) is 0 Å². The normalized spacial score (nSPS) is 12.3. The van der Waals surface area contributed by atoms with Gasteiger partial charge < -0.3 is 15.2 Å². The number of unbranched alkanes of at least 4 members (excludes halogenated alkanes) is 15. The number of ether oxygens (including phenoxy) is 1. The first kappa shape index (κ1) is 36.9. The molecule has 0 bridgehead atoms. The average molecular weight is 550 g/mol. The Bertz CT molecular complexity index is 658. The summed E-state index contributed by atoms with van der Waals surface area (Å²) in [6, 6.07) is 0. The Hall–Kier alpha value is -2.11. The molecule has 226 valence electrons. The number of esters is 1. The van der Waals surface area contributed by atoms with Gasteiger partial charge >= 0.3 is 11.9 Å². The Labute approximate surface area is 239 Å². The predicted octanol–water partition coefficient (Wildman–Crippen LogP) is 8.83. The van der Waals surface area contributed by atoms with Gasteiger partial charge in [-0.15, -0.1) is 0 Å². The third-order valence-electron chi connectivity index (χ3n) is 6.86. The highest BCUT2D eigenvalue weighted by atomic mass is 16.5. The van der Waals surface area contributed by atoms with Crippen molar-refractivity contribution in [1.82, 2.24) is 5.32 Å². The lowest BCUT2D eigenvalue weighted by Crippen LogP contribution is -2.28. The first-order valence-corrected chi connectivity index (χ1v) is 16.0. The summed E-state index contributed by atoms with van der Waals surface area (Å²) in [7, 11) is 0. The zero-order valence-corrected chi connectivity index (χ0v) is 25.2. The molecule has 1 atom stereocenters. The lowest BCUT2D eigenvalue weighted by Gasteiger charge is -2.14. The minimum absolute atomic E-state index is 0.0779. The van der Waals surface area contributed by atoms with Crippen LogP contribution in [-0.4, -0.2) is 35.6 Å². The largest absolute Gasteiger partial charge is 0.480 e. The van der Waals surface area contributed by atoms with Crippen LogP contribution >= 0.6 is 0 Å². The molecule has 0 aliphatic heterocycles. The van der Waals surface area contributed by atoms with E-state index in [1.165, 1.54) is 57.8 Å². The number of nitrogens with one attached hydrogen (secondary N) is 1. The highest BCUT2D eigenvalue weighted by Gasteiger charge is 2.11. The van der Waals surface area contributed by atoms with E-state index in [1.807, 2.05) is 0 Å². The number of carbonyl (C=O) groups is 3. The summed E-state index contributed by atoms with van der Waals surface area (Å²) in [6.07, 6.45) is 31.7. The average Bonchev–Trinajstić information content (AvgIpc) is 2.91. The second-order valence-corrected chi connectivity index (χ2v) is 10.7. The molecule has 0 aromatic carbocycles. The van der Waals surface area contributed by atoms with Gasteiger partial charge in [-0.05, 0) is 51.0 Å². The van der Waals surface area contributed by atoms with Gasteiger partial charge in [0.1, 0.15) is 12.6 Å². The zero-order chi connectivity index (χ0) is 28.8. The van der Waals surface area contributed by atoms with E-state index >= 15 is 0 Å². The Balaban J connectivity index is 4.26. The first-order valence-electron chi connectivity index (χ1n) is 16.0. The van der Waals surface area contributed by atoms with Crippen molar-refractivity contribution in [3.8, 4) is 0 Å². The highest BCUT2D eigenvalue weighted by molar-refractivity contribution is 5.80. The minimum Gasteiger partial charge on any atom is -0.480 e. The van der Waals surface area contributed by atoms with Crippen LogP contribution in [0, 0.1) is 0 Å². The molecule has 0 aliphatic rings. The molecule has 0 saturated carbocycles. The number of carboxylic acid groups (broad SMARTS) is 1. The number of aliphatic carboxylic acids is 1. The van der Waals surface area contributed by atoms with Crippen LogP contribution in [0.1, 0.15) is 155 Å². The van der Waals surface area contributed by atoms with Crippen LogP contribution in [0.3, 0.4) is 0 Å². The number of rotatable bonds is 28. The molecule has 0 spiro atoms. The molecule has 0 rings (SSSR count). The predicted molar refractivity (Wildman–Crippen MR) is 162 cm³/mol. The quantitative estimate of drug-likeness (QED) is 0.0578. The van der Waals surface area contributed by atoms with Crippen molar-refractivity contribution in [2.45, 2.75) is 161 Å². The molecule has 0 saturated heterocycles. The topological polar surface area (TPSA) is 92.7 Å². The fourth-order valence-corrected chi connectivity index (χ4v) is 4.46. The first-order chi connectivity index (χ1) is 19.0. The molecule has 0 aliphatic carbocycles. The van der Waals surface area contributed by atoms with E-state index in [9.17, 15) is 14.4 Å². The maximum Gasteiger partial charge on any atom is 0.322 e. The SMILES string of the molecule is CCCCCC/C=C\C/C=C\C(CCCCCCCCC(=O)NCC(=O)O)OC(=O)CCCCCCCCC.